The van der Waals surface area contributed by atoms with E-state index in [1.54, 1.807) is 11.3 Å². The number of hydrogen-bond donors (Lipinski definition) is 1. The van der Waals surface area contributed by atoms with E-state index in [-0.39, 0.29) is 0 Å². The van der Waals surface area contributed by atoms with Crippen molar-refractivity contribution in [3.63, 3.8) is 0 Å². The normalized spacial score (nSPS) is 10.8. The molecule has 5 heteroatoms. The number of nitrogens with one attached hydrogen (secondary N) is 1. The molecule has 20 heavy (non-hydrogen) atoms. The molecule has 0 saturated heterocycles. The Labute approximate surface area is 129 Å². The second-order valence-electron chi connectivity index (χ2n) is 4.58. The van der Waals surface area contributed by atoms with Crippen molar-refractivity contribution >= 4 is 22.9 Å². The summed E-state index contributed by atoms with van der Waals surface area (Å²) in [7, 11) is 0. The fraction of sp³-hybridized carbons (Fsp3) is 0.400. The van der Waals surface area contributed by atoms with Crippen molar-refractivity contribution in [3.8, 4) is 5.75 Å². The van der Waals surface area contributed by atoms with E-state index in [1.165, 1.54) is 4.88 Å². The van der Waals surface area contributed by atoms with Gasteiger partial charge in [0.05, 0.1) is 10.7 Å². The molecule has 0 aliphatic carbocycles. The Morgan fingerprint density at radius 1 is 1.35 bits per heavy atom. The maximum atomic E-state index is 6.24. The molecule has 0 saturated carbocycles. The van der Waals surface area contributed by atoms with E-state index >= 15 is 0 Å². The van der Waals surface area contributed by atoms with Gasteiger partial charge in [0, 0.05) is 11.4 Å². The fourth-order valence-corrected chi connectivity index (χ4v) is 2.89. The number of aromatic nitrogens is 1. The largest absolute Gasteiger partial charge is 0.485 e. The van der Waals surface area contributed by atoms with Gasteiger partial charge in [-0.3, -0.25) is 0 Å². The van der Waals surface area contributed by atoms with Crippen LogP contribution < -0.4 is 10.1 Å². The highest BCUT2D eigenvalue weighted by molar-refractivity contribution is 7.11. The van der Waals surface area contributed by atoms with Crippen LogP contribution in [0.25, 0.3) is 0 Å². The van der Waals surface area contributed by atoms with Crippen LogP contribution in [0.2, 0.25) is 5.02 Å². The molecule has 0 amide bonds. The van der Waals surface area contributed by atoms with Crippen LogP contribution in [0.15, 0.2) is 18.2 Å². The first kappa shape index (κ1) is 15.3. The maximum Gasteiger partial charge on any atom is 0.140 e. The zero-order valence-corrected chi connectivity index (χ0v) is 13.6. The molecule has 1 aromatic carbocycles. The van der Waals surface area contributed by atoms with Gasteiger partial charge in [-0.1, -0.05) is 24.6 Å². The van der Waals surface area contributed by atoms with Crippen LogP contribution >= 0.6 is 22.9 Å². The Morgan fingerprint density at radius 2 is 2.15 bits per heavy atom. The minimum absolute atomic E-state index is 0.464. The molecule has 0 bridgehead atoms. The average Bonchev–Trinajstić information content (AvgIpc) is 2.74. The first-order valence-electron chi connectivity index (χ1n) is 6.65. The van der Waals surface area contributed by atoms with Crippen molar-refractivity contribution < 1.29 is 4.74 Å². The van der Waals surface area contributed by atoms with Crippen LogP contribution in [0.4, 0.5) is 0 Å². The number of rotatable bonds is 6. The number of ether oxygens (including phenoxy) is 1. The van der Waals surface area contributed by atoms with Gasteiger partial charge in [-0.15, -0.1) is 11.3 Å². The van der Waals surface area contributed by atoms with Gasteiger partial charge in [-0.05, 0) is 38.1 Å². The van der Waals surface area contributed by atoms with Crippen molar-refractivity contribution in [1.29, 1.82) is 0 Å². The van der Waals surface area contributed by atoms with Crippen LogP contribution in [-0.2, 0) is 13.2 Å². The van der Waals surface area contributed by atoms with E-state index in [9.17, 15) is 0 Å². The third-order valence-corrected chi connectivity index (χ3v) is 4.34. The summed E-state index contributed by atoms with van der Waals surface area (Å²) in [6.45, 7) is 8.39. The van der Waals surface area contributed by atoms with Crippen molar-refractivity contribution in [2.75, 3.05) is 6.54 Å². The summed E-state index contributed by atoms with van der Waals surface area (Å²) in [6.07, 6.45) is 0. The Kier molecular flexibility index (Phi) is 5.40. The van der Waals surface area contributed by atoms with Crippen LogP contribution in [0.5, 0.6) is 5.75 Å². The molecule has 0 atom stereocenters. The highest BCUT2D eigenvalue weighted by Crippen LogP contribution is 2.27. The van der Waals surface area contributed by atoms with Crippen molar-refractivity contribution in [2.24, 2.45) is 0 Å². The van der Waals surface area contributed by atoms with Gasteiger partial charge in [0.1, 0.15) is 17.4 Å². The van der Waals surface area contributed by atoms with E-state index in [1.807, 2.05) is 25.1 Å². The predicted octanol–water partition coefficient (Wildman–Crippen LogP) is 4.10. The monoisotopic (exact) mass is 310 g/mol. The van der Waals surface area contributed by atoms with Gasteiger partial charge in [0.2, 0.25) is 0 Å². The third kappa shape index (κ3) is 3.95. The smallest absolute Gasteiger partial charge is 0.140 e. The zero-order valence-electron chi connectivity index (χ0n) is 12.0. The van der Waals surface area contributed by atoms with E-state index in [0.29, 0.717) is 17.4 Å². The molecule has 0 unspecified atom stereocenters. The molecule has 0 fully saturated rings. The highest BCUT2D eigenvalue weighted by atomic mass is 35.5. The Bertz CT molecular complexity index is 564. The molecule has 108 valence electrons. The van der Waals surface area contributed by atoms with Gasteiger partial charge < -0.3 is 10.1 Å². The molecule has 0 spiro atoms. The number of halogens is 1. The number of aryl methyl sites for hydroxylation is 2. The van der Waals surface area contributed by atoms with Crippen LogP contribution in [0.1, 0.15) is 28.1 Å². The van der Waals surface area contributed by atoms with Crippen LogP contribution in [-0.4, -0.2) is 11.5 Å². The predicted molar refractivity (Wildman–Crippen MR) is 84.8 cm³/mol. The summed E-state index contributed by atoms with van der Waals surface area (Å²) in [6, 6.07) is 5.89. The van der Waals surface area contributed by atoms with Gasteiger partial charge >= 0.3 is 0 Å². The Morgan fingerprint density at radius 3 is 2.75 bits per heavy atom. The molecular weight excluding hydrogens is 292 g/mol. The summed E-state index contributed by atoms with van der Waals surface area (Å²) < 4.78 is 5.75. The zero-order chi connectivity index (χ0) is 14.5. The molecule has 0 aliphatic rings. The summed E-state index contributed by atoms with van der Waals surface area (Å²) >= 11 is 7.91. The lowest BCUT2D eigenvalue weighted by molar-refractivity contribution is 0.305. The minimum Gasteiger partial charge on any atom is -0.485 e. The van der Waals surface area contributed by atoms with E-state index < -0.39 is 0 Å². The van der Waals surface area contributed by atoms with Crippen LogP contribution in [0, 0.1) is 13.8 Å². The van der Waals surface area contributed by atoms with Gasteiger partial charge in [-0.2, -0.15) is 0 Å². The lowest BCUT2D eigenvalue weighted by Crippen LogP contribution is -2.11. The van der Waals surface area contributed by atoms with E-state index in [2.05, 4.69) is 24.1 Å². The molecule has 1 aromatic heterocycles. The van der Waals surface area contributed by atoms with Crippen molar-refractivity contribution in [3.05, 3.63) is 44.4 Å². The molecule has 3 nitrogen and oxygen atoms in total. The molecule has 2 aromatic rings. The van der Waals surface area contributed by atoms with Crippen molar-refractivity contribution in [2.45, 2.75) is 33.9 Å². The van der Waals surface area contributed by atoms with Crippen molar-refractivity contribution in [1.82, 2.24) is 10.3 Å². The van der Waals surface area contributed by atoms with E-state index in [4.69, 9.17) is 16.3 Å². The SMILES string of the molecule is CCNCc1ccc(OCc2nc(C)c(C)s2)c(Cl)c1. The van der Waals surface area contributed by atoms with Gasteiger partial charge in [0.15, 0.2) is 0 Å². The van der Waals surface area contributed by atoms with Gasteiger partial charge in [-0.25, -0.2) is 4.98 Å². The summed E-state index contributed by atoms with van der Waals surface area (Å²) in [5.74, 6) is 0.706. The highest BCUT2D eigenvalue weighted by Gasteiger charge is 2.07. The lowest BCUT2D eigenvalue weighted by Gasteiger charge is -2.08. The quantitative estimate of drug-likeness (QED) is 0.872. The number of benzene rings is 1. The summed E-state index contributed by atoms with van der Waals surface area (Å²) in [5.41, 5.74) is 2.23. The second-order valence-corrected chi connectivity index (χ2v) is 6.28. The average molecular weight is 311 g/mol. The molecule has 1 heterocycles. The first-order valence-corrected chi connectivity index (χ1v) is 7.84. The number of nitrogens with zero attached hydrogens (tertiary/aromatic N) is 1. The standard InChI is InChI=1S/C15H19ClN2OS/c1-4-17-8-12-5-6-14(13(16)7-12)19-9-15-18-10(2)11(3)20-15/h5-7,17H,4,8-9H2,1-3H3. The Balaban J connectivity index is 1.99. The molecular formula is C15H19ClN2OS. The molecule has 2 rings (SSSR count). The maximum absolute atomic E-state index is 6.24. The molecule has 0 radical (unpaired) electrons. The Hall–Kier alpha value is -1.10. The lowest BCUT2D eigenvalue weighted by atomic mass is 10.2. The fourth-order valence-electron chi connectivity index (χ4n) is 1.78. The molecule has 0 aliphatic heterocycles. The molecule has 1 N–H and O–H groups in total. The summed E-state index contributed by atoms with van der Waals surface area (Å²) in [4.78, 5) is 5.69. The van der Waals surface area contributed by atoms with Gasteiger partial charge in [0.25, 0.3) is 0 Å². The second kappa shape index (κ2) is 7.07. The number of thiazole rings is 1. The third-order valence-electron chi connectivity index (χ3n) is 3.00. The van der Waals surface area contributed by atoms with E-state index in [0.717, 1.165) is 29.4 Å². The first-order chi connectivity index (χ1) is 9.60. The van der Waals surface area contributed by atoms with Crippen LogP contribution in [0.3, 0.4) is 0 Å². The topological polar surface area (TPSA) is 34.1 Å². The number of hydrogen-bond acceptors (Lipinski definition) is 4. The summed E-state index contributed by atoms with van der Waals surface area (Å²) in [5, 5.41) is 4.89. The minimum atomic E-state index is 0.464.